The van der Waals surface area contributed by atoms with Gasteiger partial charge in [-0.1, -0.05) is 17.7 Å². The largest absolute Gasteiger partial charge is 0.384 e. The summed E-state index contributed by atoms with van der Waals surface area (Å²) in [6.45, 7) is 3.27. The lowest BCUT2D eigenvalue weighted by atomic mass is 10.1. The fourth-order valence-electron chi connectivity index (χ4n) is 1.61. The zero-order chi connectivity index (χ0) is 7.68. The normalized spacial score (nSPS) is 22.5. The van der Waals surface area contributed by atoms with E-state index in [-0.39, 0.29) is 0 Å². The van der Waals surface area contributed by atoms with Crippen LogP contribution in [0.5, 0.6) is 0 Å². The summed E-state index contributed by atoms with van der Waals surface area (Å²) < 4.78 is 0. The fourth-order valence-corrected chi connectivity index (χ4v) is 1.61. The molecule has 11 heavy (non-hydrogen) atoms. The molecule has 0 amide bonds. The highest BCUT2D eigenvalue weighted by Crippen LogP contribution is 2.22. The van der Waals surface area contributed by atoms with E-state index >= 15 is 0 Å². The first-order valence-electron chi connectivity index (χ1n) is 4.18. The van der Waals surface area contributed by atoms with E-state index in [4.69, 9.17) is 0 Å². The van der Waals surface area contributed by atoms with Gasteiger partial charge in [-0.25, -0.2) is 0 Å². The Labute approximate surface area is 67.5 Å². The lowest BCUT2D eigenvalue weighted by molar-refractivity contribution is 0.913. The number of hydrogen-bond donors (Lipinski definition) is 1. The third-order valence-electron chi connectivity index (χ3n) is 2.23. The smallest absolute Gasteiger partial charge is 0.0372 e. The van der Waals surface area contributed by atoms with Crippen LogP contribution >= 0.6 is 0 Å². The van der Waals surface area contributed by atoms with Gasteiger partial charge in [-0.05, 0) is 31.4 Å². The first-order valence-corrected chi connectivity index (χ1v) is 4.18. The predicted octanol–water partition coefficient (Wildman–Crippen LogP) is 2.14. The van der Waals surface area contributed by atoms with Gasteiger partial charge in [0.25, 0.3) is 0 Å². The van der Waals surface area contributed by atoms with E-state index in [1.165, 1.54) is 23.3 Å². The van der Waals surface area contributed by atoms with Crippen molar-refractivity contribution in [2.24, 2.45) is 0 Å². The number of nitrogens with one attached hydrogen (secondary N) is 1. The van der Waals surface area contributed by atoms with Crippen molar-refractivity contribution < 1.29 is 0 Å². The van der Waals surface area contributed by atoms with E-state index in [1.807, 2.05) is 0 Å². The van der Waals surface area contributed by atoms with Crippen LogP contribution in [0.4, 0.5) is 0 Å². The molecule has 1 aliphatic heterocycles. The second-order valence-corrected chi connectivity index (χ2v) is 3.15. The van der Waals surface area contributed by atoms with E-state index in [1.54, 1.807) is 0 Å². The second kappa shape index (κ2) is 2.57. The molecule has 0 unspecified atom stereocenters. The molecule has 2 aliphatic rings. The standard InChI is InChI=1S/C10H13N/c1-8-3-2-4-9-5-6-11-10(9)7-8/h3-4,7,11H,2,5-6H2,1H3. The Bertz CT molecular complexity index is 256. The number of hydrogen-bond acceptors (Lipinski definition) is 1. The van der Waals surface area contributed by atoms with Crippen LogP contribution in [0, 0.1) is 0 Å². The molecule has 1 fully saturated rings. The van der Waals surface area contributed by atoms with Crippen molar-refractivity contribution in [3.05, 3.63) is 35.1 Å². The molecule has 1 saturated heterocycles. The molecule has 1 nitrogen and oxygen atoms in total. The van der Waals surface area contributed by atoms with Crippen molar-refractivity contribution in [1.82, 2.24) is 5.32 Å². The molecule has 0 aromatic carbocycles. The SMILES string of the molecule is CC1=CCC=C2CCNC2=C1. The van der Waals surface area contributed by atoms with Crippen LogP contribution in [-0.4, -0.2) is 6.54 Å². The molecule has 1 aliphatic carbocycles. The Kier molecular flexibility index (Phi) is 1.57. The first kappa shape index (κ1) is 6.71. The summed E-state index contributed by atoms with van der Waals surface area (Å²) in [5.41, 5.74) is 4.22. The molecule has 58 valence electrons. The molecule has 0 spiro atoms. The van der Waals surface area contributed by atoms with Crippen molar-refractivity contribution in [3.63, 3.8) is 0 Å². The maximum atomic E-state index is 3.38. The van der Waals surface area contributed by atoms with Crippen molar-refractivity contribution in [2.45, 2.75) is 19.8 Å². The van der Waals surface area contributed by atoms with Crippen molar-refractivity contribution in [1.29, 1.82) is 0 Å². The lowest BCUT2D eigenvalue weighted by Gasteiger charge is -1.97. The molecular formula is C10H13N. The van der Waals surface area contributed by atoms with Gasteiger partial charge >= 0.3 is 0 Å². The van der Waals surface area contributed by atoms with Gasteiger partial charge in [0.2, 0.25) is 0 Å². The average Bonchev–Trinajstić information content (AvgIpc) is 2.31. The molecule has 0 atom stereocenters. The number of allylic oxidation sites excluding steroid dienone is 5. The Morgan fingerprint density at radius 2 is 2.27 bits per heavy atom. The minimum absolute atomic E-state index is 1.10. The molecule has 0 bridgehead atoms. The summed E-state index contributed by atoms with van der Waals surface area (Å²) in [7, 11) is 0. The van der Waals surface area contributed by atoms with Crippen molar-refractivity contribution in [2.75, 3.05) is 6.54 Å². The van der Waals surface area contributed by atoms with Gasteiger partial charge in [-0.15, -0.1) is 0 Å². The minimum Gasteiger partial charge on any atom is -0.384 e. The number of rotatable bonds is 0. The highest BCUT2D eigenvalue weighted by atomic mass is 14.9. The van der Waals surface area contributed by atoms with Crippen molar-refractivity contribution >= 4 is 0 Å². The molecule has 0 aromatic heterocycles. The van der Waals surface area contributed by atoms with Gasteiger partial charge in [-0.3, -0.25) is 0 Å². The quantitative estimate of drug-likeness (QED) is 0.553. The topological polar surface area (TPSA) is 12.0 Å². The average molecular weight is 147 g/mol. The van der Waals surface area contributed by atoms with Gasteiger partial charge in [0, 0.05) is 12.2 Å². The summed E-state index contributed by atoms with van der Waals surface area (Å²) in [5.74, 6) is 0. The highest BCUT2D eigenvalue weighted by Gasteiger charge is 2.12. The van der Waals surface area contributed by atoms with E-state index in [2.05, 4.69) is 30.5 Å². The summed E-state index contributed by atoms with van der Waals surface area (Å²) in [5, 5.41) is 3.38. The Morgan fingerprint density at radius 1 is 1.36 bits per heavy atom. The molecule has 1 N–H and O–H groups in total. The second-order valence-electron chi connectivity index (χ2n) is 3.15. The summed E-state index contributed by atoms with van der Waals surface area (Å²) in [6, 6.07) is 0. The summed E-state index contributed by atoms with van der Waals surface area (Å²) in [4.78, 5) is 0. The molecule has 0 radical (unpaired) electrons. The van der Waals surface area contributed by atoms with Crippen LogP contribution in [0.15, 0.2) is 35.1 Å². The third kappa shape index (κ3) is 1.23. The molecular weight excluding hydrogens is 134 g/mol. The minimum atomic E-state index is 1.10. The molecule has 1 heteroatoms. The zero-order valence-electron chi connectivity index (χ0n) is 6.85. The summed E-state index contributed by atoms with van der Waals surface area (Å²) in [6.07, 6.45) is 9.13. The zero-order valence-corrected chi connectivity index (χ0v) is 6.85. The maximum Gasteiger partial charge on any atom is 0.0372 e. The predicted molar refractivity (Wildman–Crippen MR) is 47.2 cm³/mol. The maximum absolute atomic E-state index is 3.38. The van der Waals surface area contributed by atoms with E-state index < -0.39 is 0 Å². The Hall–Kier alpha value is -0.980. The summed E-state index contributed by atoms with van der Waals surface area (Å²) >= 11 is 0. The van der Waals surface area contributed by atoms with E-state index in [9.17, 15) is 0 Å². The fraction of sp³-hybridized carbons (Fsp3) is 0.400. The molecule has 2 rings (SSSR count). The van der Waals surface area contributed by atoms with E-state index in [0.717, 1.165) is 13.0 Å². The Morgan fingerprint density at radius 3 is 3.18 bits per heavy atom. The van der Waals surface area contributed by atoms with Gasteiger partial charge in [0.1, 0.15) is 0 Å². The van der Waals surface area contributed by atoms with Gasteiger partial charge in [0.15, 0.2) is 0 Å². The van der Waals surface area contributed by atoms with Crippen LogP contribution in [0.3, 0.4) is 0 Å². The van der Waals surface area contributed by atoms with Crippen LogP contribution in [0.2, 0.25) is 0 Å². The van der Waals surface area contributed by atoms with Gasteiger partial charge in [0.05, 0.1) is 0 Å². The van der Waals surface area contributed by atoms with Crippen LogP contribution in [-0.2, 0) is 0 Å². The highest BCUT2D eigenvalue weighted by molar-refractivity contribution is 5.41. The molecule has 1 heterocycles. The monoisotopic (exact) mass is 147 g/mol. The van der Waals surface area contributed by atoms with Crippen LogP contribution in [0.1, 0.15) is 19.8 Å². The lowest BCUT2D eigenvalue weighted by Crippen LogP contribution is -2.03. The van der Waals surface area contributed by atoms with Gasteiger partial charge in [-0.2, -0.15) is 0 Å². The first-order chi connectivity index (χ1) is 5.36. The van der Waals surface area contributed by atoms with Crippen LogP contribution in [0.25, 0.3) is 0 Å². The third-order valence-corrected chi connectivity index (χ3v) is 2.23. The van der Waals surface area contributed by atoms with Crippen molar-refractivity contribution in [3.8, 4) is 0 Å². The van der Waals surface area contributed by atoms with E-state index in [0.29, 0.717) is 0 Å². The van der Waals surface area contributed by atoms with Crippen LogP contribution < -0.4 is 5.32 Å². The van der Waals surface area contributed by atoms with Gasteiger partial charge < -0.3 is 5.32 Å². The molecule has 0 saturated carbocycles. The number of fused-ring (bicyclic) bond motifs is 1. The Balaban J connectivity index is 2.35. The molecule has 0 aromatic rings.